The van der Waals surface area contributed by atoms with Gasteiger partial charge in [0, 0.05) is 0 Å². The molecule has 0 atom stereocenters. The zero-order valence-corrected chi connectivity index (χ0v) is 23.3. The summed E-state index contributed by atoms with van der Waals surface area (Å²) in [6.07, 6.45) is 25.1. The Morgan fingerprint density at radius 2 is 0.900 bits per heavy atom. The smallest absolute Gasteiger partial charge is 0.726 e. The molecule has 0 rings (SSSR count). The summed E-state index contributed by atoms with van der Waals surface area (Å²) in [5.41, 5.74) is 0. The van der Waals surface area contributed by atoms with Crippen LogP contribution in [0.3, 0.4) is 0 Å². The maximum absolute atomic E-state index is 10.8. The fourth-order valence-electron chi connectivity index (χ4n) is 3.98. The molecule has 0 spiro atoms. The Morgan fingerprint density at radius 1 is 0.600 bits per heavy atom. The van der Waals surface area contributed by atoms with Crippen LogP contribution in [0.25, 0.3) is 0 Å². The average Bonchev–Trinajstić information content (AvgIpc) is 2.68. The Hall–Kier alpha value is 0.870. The Balaban J connectivity index is 0. The van der Waals surface area contributed by atoms with Crippen LogP contribution >= 0.6 is 0 Å². The zero-order valence-electron chi connectivity index (χ0n) is 20.5. The fraction of sp³-hybridized carbons (Fsp3) is 1.00. The second-order valence-electron chi connectivity index (χ2n) is 8.79. The molecule has 0 aliphatic heterocycles. The third kappa shape index (κ3) is 26.9. The predicted octanol–water partition coefficient (Wildman–Crippen LogP) is 4.93. The van der Waals surface area contributed by atoms with E-state index < -0.39 is 10.4 Å². The Morgan fingerprint density at radius 3 is 1.20 bits per heavy atom. The van der Waals surface area contributed by atoms with Crippen molar-refractivity contribution in [1.29, 1.82) is 0 Å². The van der Waals surface area contributed by atoms with Crippen LogP contribution in [-0.4, -0.2) is 19.6 Å². The SMILES string of the molecule is CCCCCCCCCCCC(CCCCCCCCCCC)COS(=O)(=O)[O-].[Na+]. The van der Waals surface area contributed by atoms with Crippen LogP contribution in [0.2, 0.25) is 0 Å². The molecule has 0 amide bonds. The third-order valence-corrected chi connectivity index (χ3v) is 6.30. The minimum atomic E-state index is -4.57. The molecule has 176 valence electrons. The van der Waals surface area contributed by atoms with Crippen LogP contribution in [0.5, 0.6) is 0 Å². The Bertz CT molecular complexity index is 407. The summed E-state index contributed by atoms with van der Waals surface area (Å²) in [7, 11) is -4.57. The van der Waals surface area contributed by atoms with Gasteiger partial charge in [0.1, 0.15) is 0 Å². The Labute approximate surface area is 210 Å². The second-order valence-corrected chi connectivity index (χ2v) is 9.85. The van der Waals surface area contributed by atoms with Gasteiger partial charge >= 0.3 is 29.6 Å². The first-order valence-corrected chi connectivity index (χ1v) is 13.9. The molecule has 0 aliphatic carbocycles. The van der Waals surface area contributed by atoms with Crippen molar-refractivity contribution >= 4 is 10.4 Å². The standard InChI is InChI=1S/C24H50O4S.Na/c1-3-5-7-9-11-13-15-17-19-21-24(23-28-29(25,26)27)22-20-18-16-14-12-10-8-6-4-2;/h24H,3-23H2,1-2H3,(H,25,26,27);/q;+1/p-1. The third-order valence-electron chi connectivity index (χ3n) is 5.88. The van der Waals surface area contributed by atoms with Crippen molar-refractivity contribution < 1.29 is 46.7 Å². The molecule has 0 unspecified atom stereocenters. The zero-order chi connectivity index (χ0) is 21.6. The van der Waals surface area contributed by atoms with E-state index in [-0.39, 0.29) is 42.1 Å². The van der Waals surface area contributed by atoms with Crippen LogP contribution < -0.4 is 29.6 Å². The first kappa shape index (κ1) is 33.0. The van der Waals surface area contributed by atoms with Gasteiger partial charge in [0.2, 0.25) is 10.4 Å². The first-order chi connectivity index (χ1) is 14.0. The maximum atomic E-state index is 10.8. The van der Waals surface area contributed by atoms with Gasteiger partial charge in [0.15, 0.2) is 0 Å². The molecule has 0 aromatic rings. The van der Waals surface area contributed by atoms with Gasteiger partial charge in [0.25, 0.3) is 0 Å². The molecule has 0 fully saturated rings. The van der Waals surface area contributed by atoms with Crippen molar-refractivity contribution in [3.63, 3.8) is 0 Å². The minimum Gasteiger partial charge on any atom is -0.726 e. The van der Waals surface area contributed by atoms with Crippen molar-refractivity contribution in [2.45, 2.75) is 142 Å². The van der Waals surface area contributed by atoms with E-state index in [1.54, 1.807) is 0 Å². The maximum Gasteiger partial charge on any atom is 1.00 e. The molecule has 0 aromatic heterocycles. The summed E-state index contributed by atoms with van der Waals surface area (Å²) in [6.45, 7) is 4.56. The quantitative estimate of drug-likeness (QED) is 0.0947. The average molecular weight is 457 g/mol. The van der Waals surface area contributed by atoms with Gasteiger partial charge in [-0.1, -0.05) is 129 Å². The molecule has 30 heavy (non-hydrogen) atoms. The van der Waals surface area contributed by atoms with E-state index >= 15 is 0 Å². The van der Waals surface area contributed by atoms with Gasteiger partial charge in [-0.05, 0) is 18.8 Å². The van der Waals surface area contributed by atoms with Gasteiger partial charge in [-0.25, -0.2) is 8.42 Å². The van der Waals surface area contributed by atoms with Gasteiger partial charge in [-0.15, -0.1) is 0 Å². The molecule has 0 bridgehead atoms. The van der Waals surface area contributed by atoms with Crippen LogP contribution in [-0.2, 0) is 14.6 Å². The van der Waals surface area contributed by atoms with E-state index in [0.29, 0.717) is 0 Å². The van der Waals surface area contributed by atoms with Gasteiger partial charge in [-0.3, -0.25) is 4.18 Å². The number of unbranched alkanes of at least 4 members (excludes halogenated alkanes) is 16. The van der Waals surface area contributed by atoms with Crippen LogP contribution in [0.4, 0.5) is 0 Å². The van der Waals surface area contributed by atoms with Crippen molar-refractivity contribution in [3.05, 3.63) is 0 Å². The molecule has 6 heteroatoms. The summed E-state index contributed by atoms with van der Waals surface area (Å²) in [6, 6.07) is 0. The van der Waals surface area contributed by atoms with E-state index in [1.165, 1.54) is 103 Å². The molecule has 0 aliphatic rings. The van der Waals surface area contributed by atoms with Crippen LogP contribution in [0.15, 0.2) is 0 Å². The van der Waals surface area contributed by atoms with Crippen molar-refractivity contribution in [2.24, 2.45) is 5.92 Å². The van der Waals surface area contributed by atoms with E-state index in [0.717, 1.165) is 25.7 Å². The van der Waals surface area contributed by atoms with Crippen LogP contribution in [0.1, 0.15) is 142 Å². The van der Waals surface area contributed by atoms with Crippen molar-refractivity contribution in [2.75, 3.05) is 6.61 Å². The second kappa shape index (κ2) is 24.5. The van der Waals surface area contributed by atoms with E-state index in [2.05, 4.69) is 18.0 Å². The van der Waals surface area contributed by atoms with Gasteiger partial charge in [-0.2, -0.15) is 0 Å². The van der Waals surface area contributed by atoms with E-state index in [9.17, 15) is 13.0 Å². The summed E-state index contributed by atoms with van der Waals surface area (Å²) in [5.74, 6) is 0.202. The summed E-state index contributed by atoms with van der Waals surface area (Å²) >= 11 is 0. The van der Waals surface area contributed by atoms with Crippen LogP contribution in [0, 0.1) is 5.92 Å². The number of hydrogen-bond donors (Lipinski definition) is 0. The Kier molecular flexibility index (Phi) is 27.0. The minimum absolute atomic E-state index is 0. The normalized spacial score (nSPS) is 11.7. The topological polar surface area (TPSA) is 66.4 Å². The van der Waals surface area contributed by atoms with Crippen molar-refractivity contribution in [3.8, 4) is 0 Å². The van der Waals surface area contributed by atoms with E-state index in [4.69, 9.17) is 0 Å². The first-order valence-electron chi connectivity index (χ1n) is 12.6. The molecule has 4 nitrogen and oxygen atoms in total. The van der Waals surface area contributed by atoms with Crippen molar-refractivity contribution in [1.82, 2.24) is 0 Å². The molecular weight excluding hydrogens is 407 g/mol. The fourth-order valence-corrected chi connectivity index (χ4v) is 4.34. The molecule has 0 saturated carbocycles. The molecule has 0 aromatic carbocycles. The largest absolute Gasteiger partial charge is 1.00 e. The van der Waals surface area contributed by atoms with E-state index in [1.807, 2.05) is 0 Å². The number of rotatable bonds is 23. The monoisotopic (exact) mass is 456 g/mol. The predicted molar refractivity (Wildman–Crippen MR) is 123 cm³/mol. The number of hydrogen-bond acceptors (Lipinski definition) is 4. The molecule has 0 heterocycles. The molecule has 0 N–H and O–H groups in total. The van der Waals surface area contributed by atoms with Gasteiger partial charge < -0.3 is 4.55 Å². The molecular formula is C24H49NaO4S. The summed E-state index contributed by atoms with van der Waals surface area (Å²) in [4.78, 5) is 0. The molecule has 0 saturated heterocycles. The van der Waals surface area contributed by atoms with Gasteiger partial charge in [0.05, 0.1) is 6.61 Å². The molecule has 0 radical (unpaired) electrons. The summed E-state index contributed by atoms with van der Waals surface area (Å²) < 4.78 is 37.0. The summed E-state index contributed by atoms with van der Waals surface area (Å²) in [5, 5.41) is 0.